The van der Waals surface area contributed by atoms with Crippen LogP contribution in [-0.4, -0.2) is 60.8 Å². The fourth-order valence-corrected chi connectivity index (χ4v) is 3.64. The van der Waals surface area contributed by atoms with E-state index in [9.17, 15) is 9.59 Å². The summed E-state index contributed by atoms with van der Waals surface area (Å²) in [6, 6.07) is 9.47. The van der Waals surface area contributed by atoms with Crippen LogP contribution in [0.1, 0.15) is 33.1 Å². The smallest absolute Gasteiger partial charge is 0.354 e. The largest absolute Gasteiger partial charge is 0.461 e. The maximum Gasteiger partial charge on any atom is 0.354 e. The summed E-state index contributed by atoms with van der Waals surface area (Å²) < 4.78 is 5.06. The van der Waals surface area contributed by atoms with Crippen LogP contribution in [-0.2, 0) is 14.3 Å². The third kappa shape index (κ3) is 4.66. The van der Waals surface area contributed by atoms with Crippen LogP contribution in [0.2, 0.25) is 0 Å². The van der Waals surface area contributed by atoms with E-state index in [1.54, 1.807) is 11.9 Å². The quantitative estimate of drug-likeness (QED) is 0.739. The number of nitrogens with one attached hydrogen (secondary N) is 1. The van der Waals surface area contributed by atoms with E-state index in [-0.39, 0.29) is 24.6 Å². The lowest BCUT2D eigenvalue weighted by Gasteiger charge is -2.24. The third-order valence-electron chi connectivity index (χ3n) is 5.13. The average Bonchev–Trinajstić information content (AvgIpc) is 3.29. The van der Waals surface area contributed by atoms with Gasteiger partial charge >= 0.3 is 5.97 Å². The number of hydrazone groups is 1. The maximum atomic E-state index is 12.8. The molecule has 146 valence electrons. The van der Waals surface area contributed by atoms with Crippen molar-refractivity contribution in [1.82, 2.24) is 10.2 Å². The van der Waals surface area contributed by atoms with E-state index in [0.717, 1.165) is 18.8 Å². The minimum Gasteiger partial charge on any atom is -0.461 e. The predicted molar refractivity (Wildman–Crippen MR) is 105 cm³/mol. The number of esters is 1. The van der Waals surface area contributed by atoms with E-state index >= 15 is 0 Å². The molecule has 1 aromatic rings. The number of amides is 1. The highest BCUT2D eigenvalue weighted by molar-refractivity contribution is 6.38. The van der Waals surface area contributed by atoms with E-state index in [1.165, 1.54) is 12.8 Å². The highest BCUT2D eigenvalue weighted by Gasteiger charge is 2.36. The van der Waals surface area contributed by atoms with Gasteiger partial charge in [0.05, 0.1) is 12.3 Å². The summed E-state index contributed by atoms with van der Waals surface area (Å²) in [5.41, 5.74) is 1.07. The first-order valence-electron chi connectivity index (χ1n) is 9.70. The molecule has 0 radical (unpaired) electrons. The molecule has 7 heteroatoms. The van der Waals surface area contributed by atoms with Crippen molar-refractivity contribution in [1.29, 1.82) is 0 Å². The Hall–Kier alpha value is -2.41. The molecular weight excluding hydrogens is 344 g/mol. The minimum absolute atomic E-state index is 0.117. The zero-order valence-electron chi connectivity index (χ0n) is 16.1. The Morgan fingerprint density at radius 1 is 1.30 bits per heavy atom. The van der Waals surface area contributed by atoms with E-state index in [0.29, 0.717) is 12.6 Å². The number of hydrogen-bond donors (Lipinski definition) is 1. The van der Waals surface area contributed by atoms with Gasteiger partial charge in [-0.1, -0.05) is 18.2 Å². The van der Waals surface area contributed by atoms with Crippen LogP contribution in [0.25, 0.3) is 0 Å². The first-order valence-corrected chi connectivity index (χ1v) is 9.70. The van der Waals surface area contributed by atoms with E-state index in [1.807, 2.05) is 30.3 Å². The van der Waals surface area contributed by atoms with E-state index < -0.39 is 12.0 Å². The predicted octanol–water partition coefficient (Wildman–Crippen LogP) is 1.78. The van der Waals surface area contributed by atoms with Gasteiger partial charge in [-0.25, -0.2) is 4.79 Å². The lowest BCUT2D eigenvalue weighted by Crippen LogP contribution is -2.45. The normalized spacial score (nSPS) is 22.6. The van der Waals surface area contributed by atoms with Gasteiger partial charge in [0.25, 0.3) is 0 Å². The lowest BCUT2D eigenvalue weighted by molar-refractivity contribution is -0.135. The Morgan fingerprint density at radius 3 is 2.74 bits per heavy atom. The zero-order valence-corrected chi connectivity index (χ0v) is 16.1. The number of para-hydroxylation sites is 1. The van der Waals surface area contributed by atoms with Crippen molar-refractivity contribution in [3.63, 3.8) is 0 Å². The molecule has 1 saturated heterocycles. The molecule has 1 fully saturated rings. The molecule has 0 spiro atoms. The number of likely N-dealkylation sites (tertiary alicyclic amines) is 1. The Kier molecular flexibility index (Phi) is 6.45. The first-order chi connectivity index (χ1) is 13.1. The number of rotatable bonds is 7. The van der Waals surface area contributed by atoms with Crippen LogP contribution >= 0.6 is 0 Å². The van der Waals surface area contributed by atoms with Crippen LogP contribution in [0.5, 0.6) is 0 Å². The third-order valence-corrected chi connectivity index (χ3v) is 5.13. The Balaban J connectivity index is 1.64. The number of carbonyl (C=O) groups is 2. The van der Waals surface area contributed by atoms with Gasteiger partial charge < -0.3 is 10.1 Å². The van der Waals surface area contributed by atoms with Gasteiger partial charge in [0.2, 0.25) is 5.91 Å². The summed E-state index contributed by atoms with van der Waals surface area (Å²) in [5.74, 6) is -0.576. The highest BCUT2D eigenvalue weighted by atomic mass is 16.5. The first kappa shape index (κ1) is 19.4. The molecular formula is C20H28N4O3. The molecule has 0 aromatic heterocycles. The van der Waals surface area contributed by atoms with Crippen molar-refractivity contribution in [3.05, 3.63) is 30.3 Å². The standard InChI is InChI=1S/C20H28N4O3/c1-3-27-20(26)17-14-18(24(22-17)16-9-5-4-6-10-16)19(25)21-11-13-23-12-7-8-15(23)2/h4-6,9-10,15,18H,3,7-8,11-14H2,1-2H3,(H,21,25)/t15-,18-/m1/s1. The molecule has 7 nitrogen and oxygen atoms in total. The second kappa shape index (κ2) is 8.99. The van der Waals surface area contributed by atoms with E-state index in [4.69, 9.17) is 4.74 Å². The molecule has 27 heavy (non-hydrogen) atoms. The van der Waals surface area contributed by atoms with Crippen LogP contribution in [0.3, 0.4) is 0 Å². The molecule has 3 rings (SSSR count). The minimum atomic E-state index is -0.539. The summed E-state index contributed by atoms with van der Waals surface area (Å²) in [7, 11) is 0. The number of anilines is 1. The number of hydrogen-bond acceptors (Lipinski definition) is 6. The Morgan fingerprint density at radius 2 is 2.07 bits per heavy atom. The molecule has 2 aliphatic rings. The molecule has 1 aromatic carbocycles. The van der Waals surface area contributed by atoms with Crippen LogP contribution in [0, 0.1) is 0 Å². The van der Waals surface area contributed by atoms with Crippen molar-refractivity contribution >= 4 is 23.3 Å². The van der Waals surface area contributed by atoms with Crippen LogP contribution in [0.15, 0.2) is 35.4 Å². The fraction of sp³-hybridized carbons (Fsp3) is 0.550. The molecule has 0 saturated carbocycles. The second-order valence-electron chi connectivity index (χ2n) is 6.99. The van der Waals surface area contributed by atoms with E-state index in [2.05, 4.69) is 22.2 Å². The number of nitrogens with zero attached hydrogens (tertiary/aromatic N) is 3. The highest BCUT2D eigenvalue weighted by Crippen LogP contribution is 2.25. The zero-order chi connectivity index (χ0) is 19.2. The van der Waals surface area contributed by atoms with Gasteiger partial charge in [0.15, 0.2) is 0 Å². The van der Waals surface area contributed by atoms with Crippen molar-refractivity contribution in [2.75, 3.05) is 31.3 Å². The number of carbonyl (C=O) groups excluding carboxylic acids is 2. The topological polar surface area (TPSA) is 74.2 Å². The molecule has 1 N–H and O–H groups in total. The van der Waals surface area contributed by atoms with Crippen molar-refractivity contribution in [2.45, 2.75) is 45.2 Å². The molecule has 2 heterocycles. The fourth-order valence-electron chi connectivity index (χ4n) is 3.64. The lowest BCUT2D eigenvalue weighted by atomic mass is 10.1. The number of benzene rings is 1. The van der Waals surface area contributed by atoms with Gasteiger partial charge in [-0.05, 0) is 45.4 Å². The van der Waals surface area contributed by atoms with Gasteiger partial charge in [-0.15, -0.1) is 0 Å². The van der Waals surface area contributed by atoms with Crippen molar-refractivity contribution in [2.24, 2.45) is 5.10 Å². The van der Waals surface area contributed by atoms with Gasteiger partial charge in [0, 0.05) is 25.6 Å². The molecule has 1 amide bonds. The Bertz CT molecular complexity index is 692. The van der Waals surface area contributed by atoms with Gasteiger partial charge in [-0.2, -0.15) is 5.10 Å². The molecule has 2 atom stereocenters. The maximum absolute atomic E-state index is 12.8. The molecule has 2 aliphatic heterocycles. The average molecular weight is 372 g/mol. The van der Waals surface area contributed by atoms with Crippen molar-refractivity contribution < 1.29 is 14.3 Å². The van der Waals surface area contributed by atoms with Crippen molar-refractivity contribution in [3.8, 4) is 0 Å². The SMILES string of the molecule is CCOC(=O)C1=NN(c2ccccc2)[C@@H](C(=O)NCCN2CCC[C@H]2C)C1. The second-order valence-corrected chi connectivity index (χ2v) is 6.99. The monoisotopic (exact) mass is 372 g/mol. The molecule has 0 unspecified atom stereocenters. The summed E-state index contributed by atoms with van der Waals surface area (Å²) in [6.07, 6.45) is 2.69. The van der Waals surface area contributed by atoms with Gasteiger partial charge in [-0.3, -0.25) is 14.7 Å². The Labute approximate surface area is 160 Å². The summed E-state index contributed by atoms with van der Waals surface area (Å²) in [6.45, 7) is 6.79. The number of ether oxygens (including phenoxy) is 1. The van der Waals surface area contributed by atoms with Gasteiger partial charge in [0.1, 0.15) is 11.8 Å². The molecule has 0 bridgehead atoms. The summed E-state index contributed by atoms with van der Waals surface area (Å²) in [4.78, 5) is 27.3. The van der Waals surface area contributed by atoms with Crippen LogP contribution < -0.4 is 10.3 Å². The summed E-state index contributed by atoms with van der Waals surface area (Å²) >= 11 is 0. The van der Waals surface area contributed by atoms with Crippen LogP contribution in [0.4, 0.5) is 5.69 Å². The summed E-state index contributed by atoms with van der Waals surface area (Å²) in [5, 5.41) is 9.02. The molecule has 0 aliphatic carbocycles.